The first kappa shape index (κ1) is 22.6. The van der Waals surface area contributed by atoms with Crippen molar-refractivity contribution in [1.82, 2.24) is 4.98 Å². The van der Waals surface area contributed by atoms with Crippen LogP contribution in [0, 0.1) is 0 Å². The Balaban J connectivity index is 1.27. The van der Waals surface area contributed by atoms with Gasteiger partial charge in [-0.3, -0.25) is 4.98 Å². The normalized spacial score (nSPS) is 17.1. The topological polar surface area (TPSA) is 12.9 Å². The minimum atomic E-state index is 0.448. The minimum Gasteiger partial charge on any atom is -0.252 e. The van der Waals surface area contributed by atoms with Gasteiger partial charge in [0.25, 0.3) is 0 Å². The van der Waals surface area contributed by atoms with E-state index in [1.807, 2.05) is 0 Å². The number of aromatic nitrogens is 1. The summed E-state index contributed by atoms with van der Waals surface area (Å²) in [5.74, 6) is 1.04. The van der Waals surface area contributed by atoms with Crippen molar-refractivity contribution >= 4 is 38.5 Å². The zero-order valence-electron chi connectivity index (χ0n) is 23.7. The molecule has 0 aliphatic heterocycles. The molecule has 1 atom stereocenters. The van der Waals surface area contributed by atoms with Crippen molar-refractivity contribution in [3.8, 4) is 44.5 Å². The minimum absolute atomic E-state index is 0.448. The third kappa shape index (κ3) is 2.85. The molecule has 1 saturated carbocycles. The Bertz CT molecular complexity index is 2440. The summed E-state index contributed by atoms with van der Waals surface area (Å²) in [6.45, 7) is 0. The average Bonchev–Trinajstić information content (AvgIpc) is 3.81. The molecule has 1 nitrogen and oxygen atoms in total. The number of hydrogen-bond acceptors (Lipinski definition) is 1. The second-order valence-corrected chi connectivity index (χ2v) is 12.9. The van der Waals surface area contributed by atoms with Crippen molar-refractivity contribution < 1.29 is 0 Å². The van der Waals surface area contributed by atoms with E-state index in [1.165, 1.54) is 107 Å². The molecular weight excluding hydrogens is 518 g/mol. The largest absolute Gasteiger partial charge is 0.252 e. The van der Waals surface area contributed by atoms with Gasteiger partial charge in [0.2, 0.25) is 0 Å². The Labute approximate surface area is 250 Å². The van der Waals surface area contributed by atoms with Gasteiger partial charge in [-0.15, -0.1) is 0 Å². The van der Waals surface area contributed by atoms with Crippen molar-refractivity contribution in [2.75, 3.05) is 0 Å². The number of nitrogens with zero attached hydrogens (tertiary/aromatic N) is 1. The zero-order chi connectivity index (χ0) is 27.8. The molecule has 1 unspecified atom stereocenters. The van der Waals surface area contributed by atoms with Gasteiger partial charge in [0, 0.05) is 28.5 Å². The molecule has 0 spiro atoms. The van der Waals surface area contributed by atoms with Crippen molar-refractivity contribution in [3.05, 3.63) is 132 Å². The lowest BCUT2D eigenvalue weighted by Crippen LogP contribution is -2.02. The zero-order valence-corrected chi connectivity index (χ0v) is 23.7. The van der Waals surface area contributed by atoms with Crippen LogP contribution in [0.4, 0.5) is 0 Å². The smallest absolute Gasteiger partial charge is 0.0796 e. The van der Waals surface area contributed by atoms with E-state index in [2.05, 4.69) is 115 Å². The quantitative estimate of drug-likeness (QED) is 0.197. The van der Waals surface area contributed by atoms with Gasteiger partial charge in [0.05, 0.1) is 5.52 Å². The lowest BCUT2D eigenvalue weighted by molar-refractivity contribution is 0.846. The molecule has 1 heterocycles. The molecule has 1 heteroatoms. The summed E-state index contributed by atoms with van der Waals surface area (Å²) in [7, 11) is 0. The van der Waals surface area contributed by atoms with Gasteiger partial charge in [-0.05, 0) is 115 Å². The van der Waals surface area contributed by atoms with E-state index in [0.717, 1.165) is 11.9 Å². The predicted molar refractivity (Wildman–Crippen MR) is 180 cm³/mol. The number of hydrogen-bond donors (Lipinski definition) is 0. The van der Waals surface area contributed by atoms with Crippen LogP contribution in [0.25, 0.3) is 83.0 Å². The fraction of sp³-hybridized carbons (Fsp3) is 0.119. The molecule has 1 aromatic heterocycles. The van der Waals surface area contributed by atoms with E-state index in [9.17, 15) is 0 Å². The first-order chi connectivity index (χ1) is 21.3. The van der Waals surface area contributed by atoms with E-state index in [-0.39, 0.29) is 0 Å². The molecule has 0 N–H and O–H groups in total. The molecule has 4 aliphatic rings. The van der Waals surface area contributed by atoms with E-state index in [4.69, 9.17) is 4.98 Å². The summed E-state index contributed by atoms with van der Waals surface area (Å²) < 4.78 is 0. The van der Waals surface area contributed by atoms with Crippen LogP contribution in [0.5, 0.6) is 0 Å². The van der Waals surface area contributed by atoms with Gasteiger partial charge in [-0.2, -0.15) is 0 Å². The number of fused-ring (bicyclic) bond motifs is 10. The number of pyridine rings is 1. The van der Waals surface area contributed by atoms with Gasteiger partial charge in [0.1, 0.15) is 0 Å². The van der Waals surface area contributed by atoms with Crippen molar-refractivity contribution in [1.29, 1.82) is 0 Å². The van der Waals surface area contributed by atoms with Crippen LogP contribution in [0.3, 0.4) is 0 Å². The Morgan fingerprint density at radius 2 is 1.26 bits per heavy atom. The molecule has 200 valence electrons. The molecule has 0 saturated heterocycles. The fourth-order valence-corrected chi connectivity index (χ4v) is 8.61. The van der Waals surface area contributed by atoms with Crippen LogP contribution < -0.4 is 0 Å². The van der Waals surface area contributed by atoms with E-state index in [1.54, 1.807) is 0 Å². The highest BCUT2D eigenvalue weighted by Gasteiger charge is 2.34. The van der Waals surface area contributed by atoms with Crippen molar-refractivity contribution in [2.45, 2.75) is 31.1 Å². The highest BCUT2D eigenvalue weighted by Crippen LogP contribution is 2.55. The van der Waals surface area contributed by atoms with Gasteiger partial charge in [0.15, 0.2) is 0 Å². The summed E-state index contributed by atoms with van der Waals surface area (Å²) >= 11 is 0. The molecule has 0 radical (unpaired) electrons. The second kappa shape index (κ2) is 7.88. The van der Waals surface area contributed by atoms with Gasteiger partial charge >= 0.3 is 0 Å². The Hall–Kier alpha value is -5.01. The van der Waals surface area contributed by atoms with Crippen LogP contribution >= 0.6 is 0 Å². The van der Waals surface area contributed by atoms with Crippen LogP contribution in [-0.4, -0.2) is 4.98 Å². The SMILES string of the molecule is C1=Cc2c3c(cc4c2cc(-c2ccc5c6c(cc(C7CC7)nc26)-c2ccccc2-5)c2ccccc24)-c2ccccc2C3C1. The van der Waals surface area contributed by atoms with Crippen molar-refractivity contribution in [2.24, 2.45) is 0 Å². The molecule has 0 amide bonds. The highest BCUT2D eigenvalue weighted by atomic mass is 14.7. The van der Waals surface area contributed by atoms with Crippen molar-refractivity contribution in [3.63, 3.8) is 0 Å². The lowest BCUT2D eigenvalue weighted by Gasteiger charge is -2.22. The Kier molecular flexibility index (Phi) is 4.13. The molecule has 1 fully saturated rings. The number of rotatable bonds is 2. The average molecular weight is 546 g/mol. The number of benzene rings is 6. The fourth-order valence-electron chi connectivity index (χ4n) is 8.61. The Morgan fingerprint density at radius 3 is 2.12 bits per heavy atom. The first-order valence-corrected chi connectivity index (χ1v) is 15.7. The number of allylic oxidation sites excluding steroid dienone is 1. The summed E-state index contributed by atoms with van der Waals surface area (Å²) in [4.78, 5) is 5.48. The summed E-state index contributed by atoms with van der Waals surface area (Å²) in [5.41, 5.74) is 17.6. The van der Waals surface area contributed by atoms with Crippen LogP contribution in [0.2, 0.25) is 0 Å². The molecule has 43 heavy (non-hydrogen) atoms. The lowest BCUT2D eigenvalue weighted by atomic mass is 9.81. The highest BCUT2D eigenvalue weighted by molar-refractivity contribution is 6.22. The molecule has 11 rings (SSSR count). The van der Waals surface area contributed by atoms with Crippen LogP contribution in [0.15, 0.2) is 109 Å². The molecule has 0 bridgehead atoms. The summed E-state index contributed by atoms with van der Waals surface area (Å²) in [5, 5.41) is 6.65. The molecule has 4 aliphatic carbocycles. The first-order valence-electron chi connectivity index (χ1n) is 15.7. The second-order valence-electron chi connectivity index (χ2n) is 12.9. The maximum absolute atomic E-state index is 5.48. The maximum Gasteiger partial charge on any atom is 0.0796 e. The van der Waals surface area contributed by atoms with Gasteiger partial charge in [-0.25, -0.2) is 0 Å². The van der Waals surface area contributed by atoms with Gasteiger partial charge < -0.3 is 0 Å². The molecule has 7 aromatic rings. The maximum atomic E-state index is 5.48. The standard InChI is InChI=1S/C42H27N/c1-5-12-28-24(8-1)30-14-7-15-31-36-20-34(26-10-3-4-11-27(26)35(36)21-37(28)40(30)31)33-19-18-32-25-9-2-6-13-29(25)38-22-39(23-16-17-23)43-42(33)41(32)38/h1-13,15,18-23,30H,14,16-17H2. The van der Waals surface area contributed by atoms with Gasteiger partial charge in [-0.1, -0.05) is 97.1 Å². The van der Waals surface area contributed by atoms with E-state index < -0.39 is 0 Å². The predicted octanol–water partition coefficient (Wildman–Crippen LogP) is 11.3. The van der Waals surface area contributed by atoms with E-state index >= 15 is 0 Å². The van der Waals surface area contributed by atoms with Crippen LogP contribution in [0.1, 0.15) is 53.5 Å². The third-order valence-corrected chi connectivity index (χ3v) is 10.7. The molecule has 6 aromatic carbocycles. The summed E-state index contributed by atoms with van der Waals surface area (Å²) in [6.07, 6.45) is 8.37. The molecular formula is C42H27N. The third-order valence-electron chi connectivity index (χ3n) is 10.7. The van der Waals surface area contributed by atoms with Crippen LogP contribution in [-0.2, 0) is 0 Å². The Morgan fingerprint density at radius 1 is 0.535 bits per heavy atom. The monoisotopic (exact) mass is 545 g/mol. The van der Waals surface area contributed by atoms with E-state index in [0.29, 0.717) is 11.8 Å². The summed E-state index contributed by atoms with van der Waals surface area (Å²) in [6, 6.07) is 39.1.